The quantitative estimate of drug-likeness (QED) is 0.520. The molecule has 3 aromatic carbocycles. The van der Waals surface area contributed by atoms with Crippen LogP contribution in [0.1, 0.15) is 34.6 Å². The molecule has 3 aromatic rings. The van der Waals surface area contributed by atoms with Gasteiger partial charge in [-0.15, -0.1) is 0 Å². The van der Waals surface area contributed by atoms with Crippen molar-refractivity contribution < 1.29 is 9.72 Å². The maximum atomic E-state index is 13.3. The van der Waals surface area contributed by atoms with Crippen LogP contribution in [0.4, 0.5) is 17.1 Å². The summed E-state index contributed by atoms with van der Waals surface area (Å²) >= 11 is 0. The van der Waals surface area contributed by atoms with Crippen LogP contribution in [0.2, 0.25) is 0 Å². The number of hydrogen-bond acceptors (Lipinski definition) is 4. The summed E-state index contributed by atoms with van der Waals surface area (Å²) in [6.45, 7) is 2.07. The lowest BCUT2D eigenvalue weighted by atomic mass is 10.0. The molecule has 0 aromatic heterocycles. The molecule has 1 N–H and O–H groups in total. The number of rotatable bonds is 4. The summed E-state index contributed by atoms with van der Waals surface area (Å²) in [5.74, 6) is -0.143. The van der Waals surface area contributed by atoms with Gasteiger partial charge in [-0.05, 0) is 36.2 Å². The van der Waals surface area contributed by atoms with E-state index >= 15 is 0 Å². The summed E-state index contributed by atoms with van der Waals surface area (Å²) in [5.41, 5.74) is 3.84. The first-order valence-corrected chi connectivity index (χ1v) is 9.11. The molecule has 1 atom stereocenters. The molecule has 0 spiro atoms. The number of carbonyl (C=O) groups excluding carboxylic acids is 1. The van der Waals surface area contributed by atoms with Crippen molar-refractivity contribution in [2.75, 3.05) is 10.2 Å². The Morgan fingerprint density at radius 1 is 1.04 bits per heavy atom. The molecule has 28 heavy (non-hydrogen) atoms. The van der Waals surface area contributed by atoms with E-state index < -0.39 is 11.1 Å². The Morgan fingerprint density at radius 2 is 1.79 bits per heavy atom. The first-order chi connectivity index (χ1) is 13.6. The second kappa shape index (κ2) is 7.15. The van der Waals surface area contributed by atoms with Gasteiger partial charge in [-0.1, -0.05) is 43.3 Å². The topological polar surface area (TPSA) is 75.5 Å². The minimum absolute atomic E-state index is 0.00751. The molecule has 0 aliphatic carbocycles. The Balaban J connectivity index is 1.84. The van der Waals surface area contributed by atoms with Crippen LogP contribution in [0, 0.1) is 10.1 Å². The number of nitrogens with one attached hydrogen (secondary N) is 1. The Labute approximate surface area is 162 Å². The minimum atomic E-state index is -0.547. The molecule has 1 unspecified atom stereocenters. The summed E-state index contributed by atoms with van der Waals surface area (Å²) in [6.07, 6.45) is 0.360. The van der Waals surface area contributed by atoms with Crippen molar-refractivity contribution in [3.05, 3.63) is 99.6 Å². The van der Waals surface area contributed by atoms with Gasteiger partial charge in [-0.3, -0.25) is 19.8 Å². The molecule has 0 radical (unpaired) electrons. The molecule has 0 saturated heterocycles. The van der Waals surface area contributed by atoms with E-state index in [1.165, 1.54) is 17.7 Å². The van der Waals surface area contributed by atoms with Crippen molar-refractivity contribution in [1.82, 2.24) is 0 Å². The zero-order valence-electron chi connectivity index (χ0n) is 15.3. The van der Waals surface area contributed by atoms with E-state index in [-0.39, 0.29) is 11.6 Å². The SMILES string of the molecule is CCc1ccc(N2C(=O)c3ccccc3NC2c2cccc([N+](=O)[O-])c2)cc1. The third-order valence-electron chi connectivity index (χ3n) is 4.95. The van der Waals surface area contributed by atoms with Gasteiger partial charge in [0.1, 0.15) is 6.17 Å². The minimum Gasteiger partial charge on any atom is -0.360 e. The largest absolute Gasteiger partial charge is 0.360 e. The van der Waals surface area contributed by atoms with Gasteiger partial charge in [0, 0.05) is 29.1 Å². The fourth-order valence-corrected chi connectivity index (χ4v) is 3.45. The predicted octanol–water partition coefficient (Wildman–Crippen LogP) is 4.93. The van der Waals surface area contributed by atoms with E-state index in [4.69, 9.17) is 0 Å². The van der Waals surface area contributed by atoms with Gasteiger partial charge in [0.25, 0.3) is 11.6 Å². The first-order valence-electron chi connectivity index (χ1n) is 9.11. The summed E-state index contributed by atoms with van der Waals surface area (Å²) in [4.78, 5) is 25.8. The second-order valence-corrected chi connectivity index (χ2v) is 6.64. The summed E-state index contributed by atoms with van der Waals surface area (Å²) in [7, 11) is 0. The van der Waals surface area contributed by atoms with Crippen molar-refractivity contribution >= 4 is 23.0 Å². The molecule has 0 saturated carbocycles. The van der Waals surface area contributed by atoms with Crippen molar-refractivity contribution in [2.24, 2.45) is 0 Å². The third-order valence-corrected chi connectivity index (χ3v) is 4.95. The highest BCUT2D eigenvalue weighted by Crippen LogP contribution is 2.37. The highest BCUT2D eigenvalue weighted by Gasteiger charge is 2.34. The Morgan fingerprint density at radius 3 is 2.50 bits per heavy atom. The van der Waals surface area contributed by atoms with Crippen LogP contribution in [0.25, 0.3) is 0 Å². The van der Waals surface area contributed by atoms with Crippen LogP contribution >= 0.6 is 0 Å². The lowest BCUT2D eigenvalue weighted by Crippen LogP contribution is -2.43. The predicted molar refractivity (Wildman–Crippen MR) is 109 cm³/mol. The normalized spacial score (nSPS) is 15.7. The number of nitro groups is 1. The molecule has 0 fully saturated rings. The van der Waals surface area contributed by atoms with Gasteiger partial charge in [0.2, 0.25) is 0 Å². The molecule has 1 amide bonds. The second-order valence-electron chi connectivity index (χ2n) is 6.64. The molecule has 6 nitrogen and oxygen atoms in total. The molecule has 0 bridgehead atoms. The highest BCUT2D eigenvalue weighted by molar-refractivity contribution is 6.12. The number of anilines is 2. The van der Waals surface area contributed by atoms with Gasteiger partial charge in [0.05, 0.1) is 10.5 Å². The van der Waals surface area contributed by atoms with Crippen LogP contribution in [-0.2, 0) is 6.42 Å². The molecule has 140 valence electrons. The van der Waals surface area contributed by atoms with E-state index in [0.717, 1.165) is 12.1 Å². The van der Waals surface area contributed by atoms with Gasteiger partial charge in [-0.2, -0.15) is 0 Å². The molecular weight excluding hydrogens is 354 g/mol. The molecule has 1 aliphatic rings. The van der Waals surface area contributed by atoms with Crippen LogP contribution in [0.3, 0.4) is 0 Å². The summed E-state index contributed by atoms with van der Waals surface area (Å²) in [5, 5.41) is 14.6. The zero-order chi connectivity index (χ0) is 19.7. The maximum absolute atomic E-state index is 13.3. The highest BCUT2D eigenvalue weighted by atomic mass is 16.6. The zero-order valence-corrected chi connectivity index (χ0v) is 15.3. The first kappa shape index (κ1) is 17.7. The number of fused-ring (bicyclic) bond motifs is 1. The van der Waals surface area contributed by atoms with Gasteiger partial charge < -0.3 is 5.32 Å². The van der Waals surface area contributed by atoms with Crippen molar-refractivity contribution in [3.63, 3.8) is 0 Å². The number of amides is 1. The van der Waals surface area contributed by atoms with Crippen molar-refractivity contribution in [3.8, 4) is 0 Å². The Bertz CT molecular complexity index is 1050. The number of carbonyl (C=O) groups is 1. The summed E-state index contributed by atoms with van der Waals surface area (Å²) in [6, 6.07) is 21.5. The van der Waals surface area contributed by atoms with Crippen LogP contribution in [0.15, 0.2) is 72.8 Å². The molecule has 1 heterocycles. The number of benzene rings is 3. The standard InChI is InChI=1S/C22H19N3O3/c1-2-15-10-12-17(13-11-15)24-21(16-6-5-7-18(14-16)25(27)28)23-20-9-4-3-8-19(20)22(24)26/h3-14,21,23H,2H2,1H3. The third kappa shape index (κ3) is 3.09. The average Bonchev–Trinajstić information content (AvgIpc) is 2.74. The number of nitro benzene ring substituents is 1. The number of para-hydroxylation sites is 1. The van der Waals surface area contributed by atoms with E-state index in [1.54, 1.807) is 23.1 Å². The lowest BCUT2D eigenvalue weighted by molar-refractivity contribution is -0.384. The maximum Gasteiger partial charge on any atom is 0.269 e. The fourth-order valence-electron chi connectivity index (χ4n) is 3.45. The van der Waals surface area contributed by atoms with E-state index in [2.05, 4.69) is 12.2 Å². The van der Waals surface area contributed by atoms with Crippen LogP contribution in [-0.4, -0.2) is 10.8 Å². The summed E-state index contributed by atoms with van der Waals surface area (Å²) < 4.78 is 0. The van der Waals surface area contributed by atoms with Gasteiger partial charge in [-0.25, -0.2) is 0 Å². The van der Waals surface area contributed by atoms with E-state index in [0.29, 0.717) is 16.8 Å². The van der Waals surface area contributed by atoms with Gasteiger partial charge >= 0.3 is 0 Å². The molecule has 4 rings (SSSR count). The van der Waals surface area contributed by atoms with E-state index in [9.17, 15) is 14.9 Å². The number of non-ortho nitro benzene ring substituents is 1. The fraction of sp³-hybridized carbons (Fsp3) is 0.136. The Hall–Kier alpha value is -3.67. The van der Waals surface area contributed by atoms with Crippen LogP contribution < -0.4 is 10.2 Å². The lowest BCUT2D eigenvalue weighted by Gasteiger charge is -2.38. The molecular formula is C22H19N3O3. The average molecular weight is 373 g/mol. The molecule has 6 heteroatoms. The van der Waals surface area contributed by atoms with Crippen molar-refractivity contribution in [1.29, 1.82) is 0 Å². The molecule has 1 aliphatic heterocycles. The number of aryl methyl sites for hydroxylation is 1. The monoisotopic (exact) mass is 373 g/mol. The van der Waals surface area contributed by atoms with Gasteiger partial charge in [0.15, 0.2) is 0 Å². The number of nitrogens with zero attached hydrogens (tertiary/aromatic N) is 2. The Kier molecular flexibility index (Phi) is 4.53. The van der Waals surface area contributed by atoms with Crippen LogP contribution in [0.5, 0.6) is 0 Å². The van der Waals surface area contributed by atoms with E-state index in [1.807, 2.05) is 42.5 Å². The number of hydrogen-bond donors (Lipinski definition) is 1. The smallest absolute Gasteiger partial charge is 0.269 e. The van der Waals surface area contributed by atoms with Crippen molar-refractivity contribution in [2.45, 2.75) is 19.5 Å².